The first-order chi connectivity index (χ1) is 12.7. The summed E-state index contributed by atoms with van der Waals surface area (Å²) in [6.45, 7) is 2.80. The van der Waals surface area contributed by atoms with E-state index in [4.69, 9.17) is 0 Å². The molecule has 3 N–H and O–H groups in total. The fraction of sp³-hybridized carbons (Fsp3) is 0.333. The summed E-state index contributed by atoms with van der Waals surface area (Å²) in [5, 5.41) is 3.17. The summed E-state index contributed by atoms with van der Waals surface area (Å²) >= 11 is 1.85. The molecule has 0 amide bonds. The Morgan fingerprint density at radius 2 is 1.90 bits per heavy atom. The number of hydrogen-bond acceptors (Lipinski definition) is 6. The Hall–Kier alpha value is -1.74. The third-order valence-electron chi connectivity index (χ3n) is 3.95. The topological polar surface area (TPSA) is 99.3 Å². The van der Waals surface area contributed by atoms with Crippen LogP contribution in [-0.2, 0) is 12.2 Å². The summed E-state index contributed by atoms with van der Waals surface area (Å²) in [6, 6.07) is 3.79. The Morgan fingerprint density at radius 1 is 1.14 bits per heavy atom. The molecule has 3 rings (SSSR count). The van der Waals surface area contributed by atoms with Gasteiger partial charge in [0.2, 0.25) is 5.95 Å². The lowest BCUT2D eigenvalue weighted by Crippen LogP contribution is -2.17. The van der Waals surface area contributed by atoms with E-state index in [0.717, 1.165) is 41.4 Å². The van der Waals surface area contributed by atoms with Crippen LogP contribution in [0.1, 0.15) is 28.9 Å². The molecule has 7 nitrogen and oxygen atoms in total. The Balaban J connectivity index is 0.00000261. The number of pyridine rings is 1. The van der Waals surface area contributed by atoms with E-state index in [-0.39, 0.29) is 42.8 Å². The van der Waals surface area contributed by atoms with Crippen LogP contribution in [0.4, 0.5) is 5.95 Å². The highest BCUT2D eigenvalue weighted by Crippen LogP contribution is 2.13. The van der Waals surface area contributed by atoms with Crippen molar-refractivity contribution in [2.45, 2.75) is 25.5 Å². The monoisotopic (exact) mass is 478 g/mol. The van der Waals surface area contributed by atoms with Gasteiger partial charge in [0.1, 0.15) is 0 Å². The smallest absolute Gasteiger partial charge is 0.255 e. The van der Waals surface area contributed by atoms with Crippen molar-refractivity contribution in [1.29, 1.82) is 0 Å². The van der Waals surface area contributed by atoms with Gasteiger partial charge in [0.15, 0.2) is 0 Å². The second-order valence-electron chi connectivity index (χ2n) is 5.93. The SMILES string of the molecule is Cc1[nH]cnc1CSCCCNc1ncc(Cc2ccncc2)c(=O)[nH]1.Cl.Cl.Cl. The maximum atomic E-state index is 12.2. The van der Waals surface area contributed by atoms with Crippen molar-refractivity contribution in [2.75, 3.05) is 17.6 Å². The number of imidazole rings is 1. The molecule has 11 heteroatoms. The molecule has 3 aromatic heterocycles. The third kappa shape index (κ3) is 8.65. The minimum absolute atomic E-state index is 0. The van der Waals surface area contributed by atoms with Crippen molar-refractivity contribution in [3.05, 3.63) is 69.9 Å². The Bertz CT molecular complexity index is 891. The molecule has 0 unspecified atom stereocenters. The molecule has 0 atom stereocenters. The lowest BCUT2D eigenvalue weighted by Gasteiger charge is -2.06. The molecule has 0 spiro atoms. The predicted octanol–water partition coefficient (Wildman–Crippen LogP) is 3.79. The van der Waals surface area contributed by atoms with Crippen LogP contribution in [0.25, 0.3) is 0 Å². The van der Waals surface area contributed by atoms with Crippen molar-refractivity contribution in [2.24, 2.45) is 0 Å². The molecule has 0 aliphatic heterocycles. The number of anilines is 1. The Kier molecular flexibility index (Phi) is 13.4. The van der Waals surface area contributed by atoms with Crippen LogP contribution in [0, 0.1) is 6.92 Å². The summed E-state index contributed by atoms with van der Waals surface area (Å²) in [4.78, 5) is 30.6. The van der Waals surface area contributed by atoms with E-state index in [1.165, 1.54) is 0 Å². The molecule has 0 aliphatic rings. The summed E-state index contributed by atoms with van der Waals surface area (Å²) in [6.07, 6.45) is 8.34. The number of rotatable bonds is 9. The number of thioether (sulfide) groups is 1. The fourth-order valence-electron chi connectivity index (χ4n) is 2.44. The molecule has 160 valence electrons. The van der Waals surface area contributed by atoms with Gasteiger partial charge in [-0.3, -0.25) is 14.8 Å². The molecule has 0 fully saturated rings. The average molecular weight is 480 g/mol. The van der Waals surface area contributed by atoms with E-state index >= 15 is 0 Å². The average Bonchev–Trinajstić information content (AvgIpc) is 3.06. The zero-order valence-corrected chi connectivity index (χ0v) is 19.1. The molecule has 0 aromatic carbocycles. The minimum Gasteiger partial charge on any atom is -0.356 e. The van der Waals surface area contributed by atoms with Gasteiger partial charge in [0, 0.05) is 48.6 Å². The Morgan fingerprint density at radius 3 is 2.55 bits per heavy atom. The van der Waals surface area contributed by atoms with Gasteiger partial charge < -0.3 is 10.3 Å². The van der Waals surface area contributed by atoms with E-state index in [2.05, 4.69) is 30.2 Å². The second kappa shape index (κ2) is 14.3. The van der Waals surface area contributed by atoms with Crippen molar-refractivity contribution in [3.63, 3.8) is 0 Å². The second-order valence-corrected chi connectivity index (χ2v) is 7.03. The molecular formula is C18H25Cl3N6OS. The van der Waals surface area contributed by atoms with Crippen LogP contribution in [-0.4, -0.2) is 37.2 Å². The fourth-order valence-corrected chi connectivity index (χ4v) is 3.42. The van der Waals surface area contributed by atoms with E-state index < -0.39 is 0 Å². The third-order valence-corrected chi connectivity index (χ3v) is 5.00. The molecule has 0 saturated heterocycles. The lowest BCUT2D eigenvalue weighted by molar-refractivity contribution is 0.942. The number of aromatic nitrogens is 5. The van der Waals surface area contributed by atoms with Gasteiger partial charge in [-0.2, -0.15) is 11.8 Å². The zero-order chi connectivity index (χ0) is 18.2. The quantitative estimate of drug-likeness (QED) is 0.404. The summed E-state index contributed by atoms with van der Waals surface area (Å²) in [5.74, 6) is 2.44. The van der Waals surface area contributed by atoms with Crippen molar-refractivity contribution in [3.8, 4) is 0 Å². The summed E-state index contributed by atoms with van der Waals surface area (Å²) in [5.41, 5.74) is 3.81. The van der Waals surface area contributed by atoms with Crippen LogP contribution in [0.2, 0.25) is 0 Å². The van der Waals surface area contributed by atoms with Gasteiger partial charge in [-0.1, -0.05) is 0 Å². The highest BCUT2D eigenvalue weighted by atomic mass is 35.5. The number of nitrogens with one attached hydrogen (secondary N) is 3. The highest BCUT2D eigenvalue weighted by Gasteiger charge is 2.04. The molecule has 0 saturated carbocycles. The molecular weight excluding hydrogens is 455 g/mol. The highest BCUT2D eigenvalue weighted by molar-refractivity contribution is 7.98. The van der Waals surface area contributed by atoms with Crippen molar-refractivity contribution >= 4 is 54.9 Å². The van der Waals surface area contributed by atoms with E-state index in [0.29, 0.717) is 17.9 Å². The maximum absolute atomic E-state index is 12.2. The first-order valence-electron chi connectivity index (χ1n) is 8.50. The van der Waals surface area contributed by atoms with Gasteiger partial charge in [-0.25, -0.2) is 9.97 Å². The molecule has 0 radical (unpaired) electrons. The minimum atomic E-state index is -0.109. The first kappa shape index (κ1) is 27.3. The lowest BCUT2D eigenvalue weighted by atomic mass is 10.1. The van der Waals surface area contributed by atoms with Crippen molar-refractivity contribution in [1.82, 2.24) is 24.9 Å². The van der Waals surface area contributed by atoms with E-state index in [9.17, 15) is 4.79 Å². The van der Waals surface area contributed by atoms with Crippen LogP contribution in [0.15, 0.2) is 41.8 Å². The van der Waals surface area contributed by atoms with Gasteiger partial charge in [-0.15, -0.1) is 37.2 Å². The maximum Gasteiger partial charge on any atom is 0.255 e. The van der Waals surface area contributed by atoms with Gasteiger partial charge >= 0.3 is 0 Å². The van der Waals surface area contributed by atoms with Crippen LogP contribution < -0.4 is 10.9 Å². The number of H-pyrrole nitrogens is 2. The summed E-state index contributed by atoms with van der Waals surface area (Å²) < 4.78 is 0. The van der Waals surface area contributed by atoms with Gasteiger partial charge in [0.05, 0.1) is 12.0 Å². The normalized spacial score (nSPS) is 9.69. The largest absolute Gasteiger partial charge is 0.356 e. The molecule has 29 heavy (non-hydrogen) atoms. The molecule has 0 aliphatic carbocycles. The molecule has 3 aromatic rings. The standard InChI is InChI=1S/C18H22N6OS.3ClH/c1-13-16(23-12-22-13)11-26-8-2-5-20-18-21-10-15(17(25)24-18)9-14-3-6-19-7-4-14;;;/h3-4,6-7,10,12H,2,5,8-9,11H2,1H3,(H,22,23)(H2,20,21,24,25);3*1H. The number of aryl methyl sites for hydroxylation is 1. The zero-order valence-electron chi connectivity index (χ0n) is 15.9. The van der Waals surface area contributed by atoms with Crippen LogP contribution in [0.3, 0.4) is 0 Å². The number of aromatic amines is 2. The van der Waals surface area contributed by atoms with Crippen LogP contribution in [0.5, 0.6) is 0 Å². The Labute approximate surface area is 192 Å². The van der Waals surface area contributed by atoms with Crippen molar-refractivity contribution < 1.29 is 0 Å². The van der Waals surface area contributed by atoms with Gasteiger partial charge in [0.25, 0.3) is 5.56 Å². The van der Waals surface area contributed by atoms with E-state index in [1.807, 2.05) is 30.8 Å². The number of halogens is 3. The van der Waals surface area contributed by atoms with E-state index in [1.54, 1.807) is 24.9 Å². The predicted molar refractivity (Wildman–Crippen MR) is 126 cm³/mol. The molecule has 0 bridgehead atoms. The molecule has 3 heterocycles. The summed E-state index contributed by atoms with van der Waals surface area (Å²) in [7, 11) is 0. The number of nitrogens with zero attached hydrogens (tertiary/aromatic N) is 3. The number of hydrogen-bond donors (Lipinski definition) is 3. The van der Waals surface area contributed by atoms with Crippen LogP contribution >= 0.6 is 49.0 Å². The first-order valence-corrected chi connectivity index (χ1v) is 9.65. The van der Waals surface area contributed by atoms with Gasteiger partial charge in [-0.05, 0) is 36.8 Å².